The van der Waals surface area contributed by atoms with E-state index in [2.05, 4.69) is 69.4 Å². The van der Waals surface area contributed by atoms with Crippen molar-refractivity contribution in [2.24, 2.45) is 5.92 Å². The summed E-state index contributed by atoms with van der Waals surface area (Å²) in [4.78, 5) is 0. The number of fused-ring (bicyclic) bond motifs is 1. The quantitative estimate of drug-likeness (QED) is 0.549. The fourth-order valence-corrected chi connectivity index (χ4v) is 3.76. The zero-order valence-corrected chi connectivity index (χ0v) is 18.3. The highest BCUT2D eigenvalue weighted by Crippen LogP contribution is 2.32. The zero-order chi connectivity index (χ0) is 20.6. The lowest BCUT2D eigenvalue weighted by Gasteiger charge is -2.19. The van der Waals surface area contributed by atoms with E-state index < -0.39 is 0 Å². The fraction of sp³-hybridized carbons (Fsp3) is 0.520. The molecule has 0 saturated heterocycles. The molecule has 0 bridgehead atoms. The molecule has 1 aliphatic heterocycles. The Kier molecular flexibility index (Phi) is 7.82. The molecule has 0 spiro atoms. The highest BCUT2D eigenvalue weighted by molar-refractivity contribution is 5.44. The van der Waals surface area contributed by atoms with E-state index >= 15 is 0 Å². The van der Waals surface area contributed by atoms with Gasteiger partial charge in [-0.3, -0.25) is 0 Å². The van der Waals surface area contributed by atoms with Crippen molar-refractivity contribution in [3.8, 4) is 17.2 Å². The van der Waals surface area contributed by atoms with Crippen molar-refractivity contribution in [3.05, 3.63) is 53.6 Å². The molecule has 0 aromatic heterocycles. The standard InChI is InChI=1S/C25H35NO3/c1-18(2)5-7-22(21-8-10-23(11-9-21)29-19(3)4)13-14-26-16-20-6-12-24-25(15-20)28-17-27-24/h6,8-12,15,18-19,22,26H,5,7,13-14,16-17H2,1-4H3/p+1/t22-/m0/s1. The summed E-state index contributed by atoms with van der Waals surface area (Å²) in [5.41, 5.74) is 2.71. The molecule has 29 heavy (non-hydrogen) atoms. The van der Waals surface area contributed by atoms with Crippen LogP contribution in [0.2, 0.25) is 0 Å². The molecule has 1 aliphatic rings. The molecule has 1 atom stereocenters. The Balaban J connectivity index is 1.53. The Morgan fingerprint density at radius 3 is 2.38 bits per heavy atom. The van der Waals surface area contributed by atoms with E-state index in [4.69, 9.17) is 14.2 Å². The smallest absolute Gasteiger partial charge is 0.231 e. The zero-order valence-electron chi connectivity index (χ0n) is 18.3. The first kappa shape index (κ1) is 21.5. The molecule has 1 heterocycles. The number of rotatable bonds is 11. The second-order valence-electron chi connectivity index (χ2n) is 8.66. The minimum Gasteiger partial charge on any atom is -0.491 e. The van der Waals surface area contributed by atoms with E-state index in [-0.39, 0.29) is 6.10 Å². The van der Waals surface area contributed by atoms with Crippen molar-refractivity contribution in [2.75, 3.05) is 13.3 Å². The third-order valence-electron chi connectivity index (χ3n) is 5.35. The fourth-order valence-electron chi connectivity index (χ4n) is 3.76. The van der Waals surface area contributed by atoms with E-state index in [0.29, 0.717) is 12.7 Å². The molecule has 0 saturated carbocycles. The molecule has 0 unspecified atom stereocenters. The molecule has 158 valence electrons. The highest BCUT2D eigenvalue weighted by Gasteiger charge is 2.15. The highest BCUT2D eigenvalue weighted by atomic mass is 16.7. The van der Waals surface area contributed by atoms with Crippen LogP contribution in [0.15, 0.2) is 42.5 Å². The lowest BCUT2D eigenvalue weighted by Crippen LogP contribution is -2.82. The largest absolute Gasteiger partial charge is 0.491 e. The van der Waals surface area contributed by atoms with E-state index in [1.54, 1.807) is 0 Å². The number of quaternary nitrogens is 1. The van der Waals surface area contributed by atoms with Crippen LogP contribution in [0.25, 0.3) is 0 Å². The van der Waals surface area contributed by atoms with Crippen LogP contribution >= 0.6 is 0 Å². The SMILES string of the molecule is CC(C)CC[C@@H](CC[NH2+]Cc1ccc2c(c1)OCO2)c1ccc(OC(C)C)cc1. The summed E-state index contributed by atoms with van der Waals surface area (Å²) < 4.78 is 16.7. The summed E-state index contributed by atoms with van der Waals surface area (Å²) in [6, 6.07) is 15.0. The lowest BCUT2D eigenvalue weighted by atomic mass is 9.88. The van der Waals surface area contributed by atoms with Crippen molar-refractivity contribution in [2.45, 2.75) is 65.5 Å². The summed E-state index contributed by atoms with van der Waals surface area (Å²) in [6.45, 7) is 11.2. The van der Waals surface area contributed by atoms with Gasteiger partial charge in [0.05, 0.1) is 12.6 Å². The van der Waals surface area contributed by atoms with Gasteiger partial charge in [0, 0.05) is 12.0 Å². The third-order valence-corrected chi connectivity index (χ3v) is 5.35. The van der Waals surface area contributed by atoms with Crippen molar-refractivity contribution in [3.63, 3.8) is 0 Å². The molecule has 3 rings (SSSR count). The first-order chi connectivity index (χ1) is 14.0. The van der Waals surface area contributed by atoms with Gasteiger partial charge in [0.25, 0.3) is 0 Å². The Hall–Kier alpha value is -2.20. The monoisotopic (exact) mass is 398 g/mol. The molecule has 0 radical (unpaired) electrons. The molecular formula is C25H36NO3+. The molecule has 2 aromatic carbocycles. The lowest BCUT2D eigenvalue weighted by molar-refractivity contribution is -0.671. The molecule has 0 aliphatic carbocycles. The van der Waals surface area contributed by atoms with Crippen LogP contribution in [0.4, 0.5) is 0 Å². The maximum Gasteiger partial charge on any atom is 0.231 e. The van der Waals surface area contributed by atoms with E-state index in [1.807, 2.05) is 6.07 Å². The van der Waals surface area contributed by atoms with Crippen LogP contribution in [0.3, 0.4) is 0 Å². The summed E-state index contributed by atoms with van der Waals surface area (Å²) in [5.74, 6) is 4.01. The van der Waals surface area contributed by atoms with Crippen LogP contribution in [0, 0.1) is 5.92 Å². The van der Waals surface area contributed by atoms with Crippen molar-refractivity contribution < 1.29 is 19.5 Å². The minimum absolute atomic E-state index is 0.211. The third kappa shape index (κ3) is 6.67. The Labute approximate surface area is 175 Å². The van der Waals surface area contributed by atoms with Crippen molar-refractivity contribution in [1.29, 1.82) is 0 Å². The van der Waals surface area contributed by atoms with Gasteiger partial charge in [-0.05, 0) is 68.0 Å². The second-order valence-corrected chi connectivity index (χ2v) is 8.66. The predicted molar refractivity (Wildman–Crippen MR) is 117 cm³/mol. The number of nitrogens with two attached hydrogens (primary N) is 1. The molecule has 4 nitrogen and oxygen atoms in total. The average molecular weight is 399 g/mol. The van der Waals surface area contributed by atoms with Crippen LogP contribution in [0.1, 0.15) is 64.0 Å². The van der Waals surface area contributed by atoms with E-state index in [1.165, 1.54) is 30.4 Å². The molecule has 4 heteroatoms. The minimum atomic E-state index is 0.211. The van der Waals surface area contributed by atoms with Gasteiger partial charge in [0.1, 0.15) is 12.3 Å². The number of ether oxygens (including phenoxy) is 3. The molecule has 0 fully saturated rings. The maximum absolute atomic E-state index is 5.80. The van der Waals surface area contributed by atoms with Crippen molar-refractivity contribution in [1.82, 2.24) is 0 Å². The van der Waals surface area contributed by atoms with Gasteiger partial charge in [-0.1, -0.05) is 32.4 Å². The van der Waals surface area contributed by atoms with Gasteiger partial charge < -0.3 is 19.5 Å². The van der Waals surface area contributed by atoms with E-state index in [0.717, 1.165) is 36.3 Å². The average Bonchev–Trinajstić information content (AvgIpc) is 3.15. The maximum atomic E-state index is 5.80. The van der Waals surface area contributed by atoms with Gasteiger partial charge in [-0.15, -0.1) is 0 Å². The number of hydrogen-bond donors (Lipinski definition) is 1. The summed E-state index contributed by atoms with van der Waals surface area (Å²) >= 11 is 0. The van der Waals surface area contributed by atoms with Gasteiger partial charge in [0.2, 0.25) is 6.79 Å². The normalized spacial score (nSPS) is 13.9. The van der Waals surface area contributed by atoms with Gasteiger partial charge in [-0.25, -0.2) is 0 Å². The summed E-state index contributed by atoms with van der Waals surface area (Å²) in [6.07, 6.45) is 3.89. The van der Waals surface area contributed by atoms with Gasteiger partial charge in [0.15, 0.2) is 11.5 Å². The first-order valence-electron chi connectivity index (χ1n) is 11.0. The Bertz CT molecular complexity index is 755. The predicted octanol–water partition coefficient (Wildman–Crippen LogP) is 4.88. The Morgan fingerprint density at radius 2 is 1.66 bits per heavy atom. The van der Waals surface area contributed by atoms with Gasteiger partial charge >= 0.3 is 0 Å². The molecule has 2 aromatic rings. The summed E-state index contributed by atoms with van der Waals surface area (Å²) in [5, 5.41) is 2.40. The van der Waals surface area contributed by atoms with Crippen LogP contribution < -0.4 is 19.5 Å². The van der Waals surface area contributed by atoms with Crippen LogP contribution in [-0.4, -0.2) is 19.4 Å². The molecule has 2 N–H and O–H groups in total. The van der Waals surface area contributed by atoms with Crippen molar-refractivity contribution >= 4 is 0 Å². The topological polar surface area (TPSA) is 44.3 Å². The Morgan fingerprint density at radius 1 is 0.897 bits per heavy atom. The van der Waals surface area contributed by atoms with E-state index in [9.17, 15) is 0 Å². The number of hydrogen-bond acceptors (Lipinski definition) is 3. The van der Waals surface area contributed by atoms with Gasteiger partial charge in [-0.2, -0.15) is 0 Å². The number of benzene rings is 2. The van der Waals surface area contributed by atoms with Crippen LogP contribution in [0.5, 0.6) is 17.2 Å². The molecular weight excluding hydrogens is 362 g/mol. The van der Waals surface area contributed by atoms with Crippen LogP contribution in [-0.2, 0) is 6.54 Å². The molecule has 0 amide bonds. The first-order valence-corrected chi connectivity index (χ1v) is 11.0. The second kappa shape index (κ2) is 10.5. The summed E-state index contributed by atoms with van der Waals surface area (Å²) in [7, 11) is 0.